The molecule has 0 unspecified atom stereocenters. The van der Waals surface area contributed by atoms with E-state index >= 15 is 0 Å². The highest BCUT2D eigenvalue weighted by molar-refractivity contribution is 6.33. The van der Waals surface area contributed by atoms with Crippen LogP contribution in [0.1, 0.15) is 54.7 Å². The number of pyridine rings is 1. The Morgan fingerprint density at radius 1 is 1.11 bits per heavy atom. The van der Waals surface area contributed by atoms with Crippen LogP contribution < -0.4 is 16.0 Å². The molecular formula is C38H49ClF3N9O4. The number of carbonyl (C=O) groups excluding carboxylic acids is 3. The number of nitrogens with one attached hydrogen (secondary N) is 3. The number of aliphatic imine (C=N–C) groups is 1. The Kier molecular flexibility index (Phi) is 17.4. The molecule has 13 nitrogen and oxygen atoms in total. The first-order valence-electron chi connectivity index (χ1n) is 17.8. The number of aromatic nitrogens is 1. The quantitative estimate of drug-likeness (QED) is 0.0873. The molecule has 0 saturated carbocycles. The van der Waals surface area contributed by atoms with Crippen LogP contribution in [0.15, 0.2) is 70.2 Å². The smallest absolute Gasteiger partial charge is 0.390 e. The Bertz CT molecular complexity index is 1750. The predicted molar refractivity (Wildman–Crippen MR) is 211 cm³/mol. The van der Waals surface area contributed by atoms with Gasteiger partial charge in [0.25, 0.3) is 11.8 Å². The average Bonchev–Trinajstić information content (AvgIpc) is 3.18. The molecule has 3 N–H and O–H groups in total. The molecule has 0 bridgehead atoms. The molecule has 0 atom stereocenters. The largest absolute Gasteiger partial charge is 0.416 e. The zero-order chi connectivity index (χ0) is 40.5. The van der Waals surface area contributed by atoms with E-state index < -0.39 is 30.1 Å². The van der Waals surface area contributed by atoms with Crippen molar-refractivity contribution < 1.29 is 32.3 Å². The van der Waals surface area contributed by atoms with E-state index in [-0.39, 0.29) is 41.1 Å². The Labute approximate surface area is 325 Å². The summed E-state index contributed by atoms with van der Waals surface area (Å²) in [7, 11) is 1.67. The summed E-state index contributed by atoms with van der Waals surface area (Å²) in [6.07, 6.45) is 3.04. The molecule has 2 aromatic rings. The van der Waals surface area contributed by atoms with Gasteiger partial charge in [-0.1, -0.05) is 44.2 Å². The number of halogens is 4. The molecular weight excluding hydrogens is 739 g/mol. The molecule has 298 valence electrons. The van der Waals surface area contributed by atoms with Crippen molar-refractivity contribution in [1.82, 2.24) is 25.1 Å². The molecule has 2 aliphatic rings. The normalized spacial score (nSPS) is 14.6. The van der Waals surface area contributed by atoms with Gasteiger partial charge in [0.1, 0.15) is 12.2 Å². The van der Waals surface area contributed by atoms with Gasteiger partial charge in [-0.2, -0.15) is 18.3 Å². The van der Waals surface area contributed by atoms with Gasteiger partial charge in [0.05, 0.1) is 41.7 Å². The molecule has 0 aliphatic carbocycles. The number of nitrogens with zero attached hydrogens (tertiary/aromatic N) is 6. The monoisotopic (exact) mass is 787 g/mol. The number of piperazine rings is 1. The molecule has 3 heterocycles. The molecule has 0 spiro atoms. The van der Waals surface area contributed by atoms with Crippen LogP contribution in [0.4, 0.5) is 24.5 Å². The van der Waals surface area contributed by atoms with Gasteiger partial charge in [-0.3, -0.25) is 19.4 Å². The highest BCUT2D eigenvalue weighted by Gasteiger charge is 2.33. The third kappa shape index (κ3) is 12.4. The average molecular weight is 788 g/mol. The van der Waals surface area contributed by atoms with Crippen LogP contribution in [0, 0.1) is 0 Å². The van der Waals surface area contributed by atoms with Crippen LogP contribution in [0.2, 0.25) is 5.02 Å². The SMILES string of the molecule is C=Cc1ccnc(C(=O)N2CCN(/C(C(=O)N(CC(=O)Nc3ccc(C(F)(F)F)cc3Cl)N=C)=C(\CC)NC)CC2)c1NCCC.C=NCC1=CCOCC1. The number of ether oxygens (including phenoxy) is 1. The van der Waals surface area contributed by atoms with Crippen molar-refractivity contribution in [2.24, 2.45) is 10.1 Å². The van der Waals surface area contributed by atoms with Crippen LogP contribution in [0.5, 0.6) is 0 Å². The highest BCUT2D eigenvalue weighted by Crippen LogP contribution is 2.34. The summed E-state index contributed by atoms with van der Waals surface area (Å²) < 4.78 is 44.1. The fourth-order valence-electron chi connectivity index (χ4n) is 5.72. The number of hydrogen-bond donors (Lipinski definition) is 3. The van der Waals surface area contributed by atoms with Gasteiger partial charge in [0, 0.05) is 63.9 Å². The lowest BCUT2D eigenvalue weighted by Gasteiger charge is -2.38. The number of anilines is 2. The molecule has 55 heavy (non-hydrogen) atoms. The summed E-state index contributed by atoms with van der Waals surface area (Å²) in [6.45, 7) is 18.2. The van der Waals surface area contributed by atoms with E-state index in [2.05, 4.69) is 57.1 Å². The third-order valence-corrected chi connectivity index (χ3v) is 8.94. The molecule has 2 aliphatic heterocycles. The number of hydrogen-bond acceptors (Lipinski definition) is 10. The first-order valence-corrected chi connectivity index (χ1v) is 18.1. The highest BCUT2D eigenvalue weighted by atomic mass is 35.5. The number of amides is 3. The lowest BCUT2D eigenvalue weighted by molar-refractivity contribution is -0.137. The molecule has 17 heteroatoms. The molecule has 1 aromatic heterocycles. The van der Waals surface area contributed by atoms with Gasteiger partial charge in [0.15, 0.2) is 5.69 Å². The first kappa shape index (κ1) is 44.2. The first-order chi connectivity index (χ1) is 26.3. The fourth-order valence-corrected chi connectivity index (χ4v) is 5.95. The molecule has 1 saturated heterocycles. The summed E-state index contributed by atoms with van der Waals surface area (Å²) in [5.41, 5.74) is 2.84. The fraction of sp³-hybridized carbons (Fsp3) is 0.421. The van der Waals surface area contributed by atoms with E-state index in [9.17, 15) is 27.6 Å². The van der Waals surface area contributed by atoms with Gasteiger partial charge in [-0.25, -0.2) is 9.99 Å². The second-order valence-corrected chi connectivity index (χ2v) is 12.7. The van der Waals surface area contributed by atoms with E-state index in [1.165, 1.54) is 5.57 Å². The van der Waals surface area contributed by atoms with Gasteiger partial charge >= 0.3 is 6.18 Å². The van der Waals surface area contributed by atoms with E-state index in [0.717, 1.165) is 55.3 Å². The molecule has 0 radical (unpaired) electrons. The van der Waals surface area contributed by atoms with E-state index in [0.29, 0.717) is 43.5 Å². The van der Waals surface area contributed by atoms with Crippen LogP contribution >= 0.6 is 11.6 Å². The lowest BCUT2D eigenvalue weighted by Crippen LogP contribution is -2.51. The third-order valence-electron chi connectivity index (χ3n) is 8.63. The standard InChI is InChI=1S/C31H38ClF3N8O3.C7H11NO/c1-6-12-38-26-20(7-2)11-13-39-27(26)29(45)42-16-14-41(15-17-42)28(23(8-3)36-4)30(46)43(37-5)19-25(44)40-24-10-9-21(18-22(24)32)31(33,34)35;1-8-6-7-2-4-9-5-3-7/h7,9-11,13,18,36,38H,2,5-6,8,12,14-17,19H2,1,3-4H3,(H,40,44);2H,1,3-6H2/b28-23+;. The van der Waals surface area contributed by atoms with Crippen molar-refractivity contribution in [2.45, 2.75) is 39.3 Å². The van der Waals surface area contributed by atoms with E-state index in [1.807, 2.05) is 18.7 Å². The Morgan fingerprint density at radius 3 is 2.36 bits per heavy atom. The molecule has 4 rings (SSSR count). The van der Waals surface area contributed by atoms with E-state index in [1.54, 1.807) is 30.3 Å². The Morgan fingerprint density at radius 2 is 1.82 bits per heavy atom. The summed E-state index contributed by atoms with van der Waals surface area (Å²) in [6, 6.07) is 4.30. The zero-order valence-electron chi connectivity index (χ0n) is 31.5. The minimum atomic E-state index is -4.60. The number of hydrazone groups is 1. The topological polar surface area (TPSA) is 144 Å². The number of carbonyl (C=O) groups is 3. The maximum atomic E-state index is 13.8. The van der Waals surface area contributed by atoms with Gasteiger partial charge in [-0.15, -0.1) is 0 Å². The molecule has 3 amide bonds. The van der Waals surface area contributed by atoms with Crippen molar-refractivity contribution in [1.29, 1.82) is 0 Å². The second kappa shape index (κ2) is 21.6. The summed E-state index contributed by atoms with van der Waals surface area (Å²) in [5, 5.41) is 13.0. The van der Waals surface area contributed by atoms with Crippen molar-refractivity contribution >= 4 is 60.2 Å². The maximum absolute atomic E-state index is 13.8. The maximum Gasteiger partial charge on any atom is 0.416 e. The van der Waals surface area contributed by atoms with Crippen LogP contribution in [0.3, 0.4) is 0 Å². The van der Waals surface area contributed by atoms with Crippen LogP contribution in [-0.4, -0.2) is 117 Å². The van der Waals surface area contributed by atoms with Crippen molar-refractivity contribution in [3.8, 4) is 0 Å². The zero-order valence-corrected chi connectivity index (χ0v) is 32.2. The number of benzene rings is 1. The number of rotatable bonds is 15. The van der Waals surface area contributed by atoms with Gasteiger partial charge < -0.3 is 30.5 Å². The van der Waals surface area contributed by atoms with Crippen molar-refractivity contribution in [3.63, 3.8) is 0 Å². The number of allylic oxidation sites excluding steroid dienone is 1. The van der Waals surface area contributed by atoms with Crippen LogP contribution in [-0.2, 0) is 20.5 Å². The van der Waals surface area contributed by atoms with E-state index in [4.69, 9.17) is 16.3 Å². The van der Waals surface area contributed by atoms with Gasteiger partial charge in [-0.05, 0) is 55.8 Å². The minimum absolute atomic E-state index is 0.0571. The number of alkyl halides is 3. The Hall–Kier alpha value is -5.22. The molecule has 1 fully saturated rings. The van der Waals surface area contributed by atoms with Gasteiger partial charge in [0.2, 0.25) is 5.91 Å². The minimum Gasteiger partial charge on any atom is -0.390 e. The predicted octanol–water partition coefficient (Wildman–Crippen LogP) is 5.93. The van der Waals surface area contributed by atoms with Crippen LogP contribution in [0.25, 0.3) is 6.08 Å². The van der Waals surface area contributed by atoms with Crippen molar-refractivity contribution in [2.75, 3.05) is 76.7 Å². The second-order valence-electron chi connectivity index (χ2n) is 12.3. The van der Waals surface area contributed by atoms with Crippen molar-refractivity contribution in [3.05, 3.63) is 81.9 Å². The Balaban J connectivity index is 0.000000788. The molecule has 1 aromatic carbocycles. The summed E-state index contributed by atoms with van der Waals surface area (Å²) in [5.74, 6) is -1.63. The lowest BCUT2D eigenvalue weighted by atomic mass is 10.1. The summed E-state index contributed by atoms with van der Waals surface area (Å²) in [4.78, 5) is 51.8. The summed E-state index contributed by atoms with van der Waals surface area (Å²) >= 11 is 5.97.